The van der Waals surface area contributed by atoms with Crippen molar-refractivity contribution in [3.05, 3.63) is 76.1 Å². The molecular weight excluding hydrogens is 377 g/mol. The summed E-state index contributed by atoms with van der Waals surface area (Å²) < 4.78 is 12.9. The minimum absolute atomic E-state index is 0.0126. The van der Waals surface area contributed by atoms with Crippen LogP contribution in [0.4, 0.5) is 10.1 Å². The Morgan fingerprint density at radius 3 is 2.68 bits per heavy atom. The molecule has 3 rings (SSSR count). The van der Waals surface area contributed by atoms with E-state index in [-0.39, 0.29) is 35.7 Å². The van der Waals surface area contributed by atoms with Crippen LogP contribution >= 0.6 is 11.8 Å². The van der Waals surface area contributed by atoms with Crippen molar-refractivity contribution in [1.29, 1.82) is 5.26 Å². The predicted molar refractivity (Wildman–Crippen MR) is 107 cm³/mol. The quantitative estimate of drug-likeness (QED) is 0.806. The van der Waals surface area contributed by atoms with E-state index in [4.69, 9.17) is 0 Å². The zero-order valence-corrected chi connectivity index (χ0v) is 16.0. The van der Waals surface area contributed by atoms with Crippen LogP contribution in [0.1, 0.15) is 23.5 Å². The van der Waals surface area contributed by atoms with E-state index in [1.54, 1.807) is 0 Å². The molecule has 142 valence electrons. The second kappa shape index (κ2) is 8.72. The molecule has 2 aromatic rings. The highest BCUT2D eigenvalue weighted by atomic mass is 32.2. The summed E-state index contributed by atoms with van der Waals surface area (Å²) in [7, 11) is 0. The summed E-state index contributed by atoms with van der Waals surface area (Å²) >= 11 is 1.11. The van der Waals surface area contributed by atoms with Crippen LogP contribution in [-0.2, 0) is 9.59 Å². The minimum atomic E-state index is -0.386. The maximum absolute atomic E-state index is 12.9. The molecule has 1 atom stereocenters. The van der Waals surface area contributed by atoms with Crippen LogP contribution in [-0.4, -0.2) is 17.6 Å². The van der Waals surface area contributed by atoms with Gasteiger partial charge >= 0.3 is 0 Å². The second-order valence-electron chi connectivity index (χ2n) is 6.36. The number of nitrogens with zero attached hydrogens (tertiary/aromatic N) is 1. The highest BCUT2D eigenvalue weighted by molar-refractivity contribution is 8.03. The predicted octanol–water partition coefficient (Wildman–Crippen LogP) is 3.84. The Hall–Kier alpha value is -3.11. The standard InChI is InChI=1S/C21H18FN3O2S/c1-13-4-2-3-5-16(13)17-10-19(26)25-21(18(17)11-23)28-12-20(27)24-15-8-6-14(22)7-9-15/h2-9,17H,10,12H2,1H3,(H,24,27)(H,25,26)/t17-/m1/s1. The Kier molecular flexibility index (Phi) is 6.12. The lowest BCUT2D eigenvalue weighted by Crippen LogP contribution is -2.31. The normalized spacial score (nSPS) is 16.3. The van der Waals surface area contributed by atoms with E-state index in [1.807, 2.05) is 31.2 Å². The molecular formula is C21H18FN3O2S. The molecule has 0 bridgehead atoms. The third-order valence-corrected chi connectivity index (χ3v) is 5.41. The lowest BCUT2D eigenvalue weighted by Gasteiger charge is -2.26. The highest BCUT2D eigenvalue weighted by Crippen LogP contribution is 2.37. The number of benzene rings is 2. The van der Waals surface area contributed by atoms with Crippen molar-refractivity contribution in [2.45, 2.75) is 19.3 Å². The van der Waals surface area contributed by atoms with Crippen molar-refractivity contribution >= 4 is 29.3 Å². The summed E-state index contributed by atoms with van der Waals surface area (Å²) in [6.45, 7) is 1.94. The van der Waals surface area contributed by atoms with E-state index < -0.39 is 0 Å². The first kappa shape index (κ1) is 19.6. The van der Waals surface area contributed by atoms with E-state index in [9.17, 15) is 19.2 Å². The largest absolute Gasteiger partial charge is 0.325 e. The van der Waals surface area contributed by atoms with E-state index in [1.165, 1.54) is 24.3 Å². The van der Waals surface area contributed by atoms with Gasteiger partial charge in [-0.2, -0.15) is 5.26 Å². The van der Waals surface area contributed by atoms with Gasteiger partial charge in [0.2, 0.25) is 11.8 Å². The summed E-state index contributed by atoms with van der Waals surface area (Å²) in [5.74, 6) is -1.20. The molecule has 0 saturated carbocycles. The SMILES string of the molecule is Cc1ccccc1[C@H]1CC(=O)NC(SCC(=O)Nc2ccc(F)cc2)=C1C#N. The van der Waals surface area contributed by atoms with Gasteiger partial charge in [-0.3, -0.25) is 9.59 Å². The number of nitrogens with one attached hydrogen (secondary N) is 2. The van der Waals surface area contributed by atoms with Gasteiger partial charge in [-0.25, -0.2) is 4.39 Å². The molecule has 1 aliphatic rings. The fraction of sp³-hybridized carbons (Fsp3) is 0.190. The van der Waals surface area contributed by atoms with E-state index >= 15 is 0 Å². The van der Waals surface area contributed by atoms with Gasteiger partial charge in [0, 0.05) is 18.0 Å². The van der Waals surface area contributed by atoms with Crippen molar-refractivity contribution in [1.82, 2.24) is 5.32 Å². The van der Waals surface area contributed by atoms with Gasteiger partial charge in [0.05, 0.1) is 22.4 Å². The third kappa shape index (κ3) is 4.59. The van der Waals surface area contributed by atoms with E-state index in [2.05, 4.69) is 16.7 Å². The van der Waals surface area contributed by atoms with Gasteiger partial charge in [0.15, 0.2) is 0 Å². The summed E-state index contributed by atoms with van der Waals surface area (Å²) in [4.78, 5) is 24.4. The Morgan fingerprint density at radius 1 is 1.29 bits per heavy atom. The molecule has 0 aromatic heterocycles. The van der Waals surface area contributed by atoms with Crippen LogP contribution in [0.3, 0.4) is 0 Å². The summed E-state index contributed by atoms with van der Waals surface area (Å²) in [5.41, 5.74) is 2.87. The molecule has 5 nitrogen and oxygen atoms in total. The van der Waals surface area contributed by atoms with Gasteiger partial charge in [0.1, 0.15) is 5.82 Å². The van der Waals surface area contributed by atoms with Crippen molar-refractivity contribution in [3.63, 3.8) is 0 Å². The van der Waals surface area contributed by atoms with Crippen molar-refractivity contribution in [3.8, 4) is 6.07 Å². The van der Waals surface area contributed by atoms with Gasteiger partial charge in [-0.15, -0.1) is 0 Å². The van der Waals surface area contributed by atoms with Crippen molar-refractivity contribution < 1.29 is 14.0 Å². The molecule has 1 heterocycles. The molecule has 1 aliphatic heterocycles. The number of anilines is 1. The first-order valence-electron chi connectivity index (χ1n) is 8.66. The number of thioether (sulfide) groups is 1. The maximum atomic E-state index is 12.9. The summed E-state index contributed by atoms with van der Waals surface area (Å²) in [5, 5.41) is 15.5. The number of hydrogen-bond donors (Lipinski definition) is 2. The van der Waals surface area contributed by atoms with Crippen LogP contribution in [0.25, 0.3) is 0 Å². The number of halogens is 1. The summed E-state index contributed by atoms with van der Waals surface area (Å²) in [6.07, 6.45) is 0.194. The number of carbonyl (C=O) groups is 2. The number of aryl methyl sites for hydroxylation is 1. The molecule has 0 saturated heterocycles. The molecule has 0 aliphatic carbocycles. The summed E-state index contributed by atoms with van der Waals surface area (Å²) in [6, 6.07) is 15.3. The van der Waals surface area contributed by atoms with Crippen LogP contribution in [0.15, 0.2) is 59.1 Å². The van der Waals surface area contributed by atoms with Crippen LogP contribution < -0.4 is 10.6 Å². The third-order valence-electron chi connectivity index (χ3n) is 4.40. The molecule has 0 fully saturated rings. The molecule has 28 heavy (non-hydrogen) atoms. The molecule has 7 heteroatoms. The van der Waals surface area contributed by atoms with E-state index in [0.717, 1.165) is 22.9 Å². The van der Waals surface area contributed by atoms with Gasteiger partial charge in [-0.05, 0) is 42.3 Å². The number of amides is 2. The van der Waals surface area contributed by atoms with Crippen molar-refractivity contribution in [2.75, 3.05) is 11.1 Å². The van der Waals surface area contributed by atoms with Crippen LogP contribution in [0, 0.1) is 24.1 Å². The number of carbonyl (C=O) groups excluding carboxylic acids is 2. The Labute approximate surface area is 166 Å². The number of rotatable bonds is 5. The van der Waals surface area contributed by atoms with Gasteiger partial charge in [0.25, 0.3) is 0 Å². The second-order valence-corrected chi connectivity index (χ2v) is 7.35. The molecule has 2 amide bonds. The lowest BCUT2D eigenvalue weighted by atomic mass is 9.85. The molecule has 2 aromatic carbocycles. The Morgan fingerprint density at radius 2 is 2.00 bits per heavy atom. The number of allylic oxidation sites excluding steroid dienone is 1. The first-order valence-corrected chi connectivity index (χ1v) is 9.64. The Balaban J connectivity index is 1.76. The number of hydrogen-bond acceptors (Lipinski definition) is 4. The first-order chi connectivity index (χ1) is 13.5. The minimum Gasteiger partial charge on any atom is -0.325 e. The highest BCUT2D eigenvalue weighted by Gasteiger charge is 2.30. The average Bonchev–Trinajstić information content (AvgIpc) is 2.68. The molecule has 0 spiro atoms. The molecule has 0 unspecified atom stereocenters. The van der Waals surface area contributed by atoms with Crippen LogP contribution in [0.5, 0.6) is 0 Å². The van der Waals surface area contributed by atoms with Gasteiger partial charge < -0.3 is 10.6 Å². The molecule has 0 radical (unpaired) electrons. The monoisotopic (exact) mass is 395 g/mol. The fourth-order valence-electron chi connectivity index (χ4n) is 3.04. The zero-order chi connectivity index (χ0) is 20.1. The maximum Gasteiger partial charge on any atom is 0.234 e. The van der Waals surface area contributed by atoms with E-state index in [0.29, 0.717) is 16.3 Å². The van der Waals surface area contributed by atoms with Crippen molar-refractivity contribution in [2.24, 2.45) is 0 Å². The lowest BCUT2D eigenvalue weighted by molar-refractivity contribution is -0.121. The van der Waals surface area contributed by atoms with Crippen LogP contribution in [0.2, 0.25) is 0 Å². The van der Waals surface area contributed by atoms with Gasteiger partial charge in [-0.1, -0.05) is 36.0 Å². The average molecular weight is 395 g/mol. The smallest absolute Gasteiger partial charge is 0.234 e. The Bertz CT molecular complexity index is 980. The zero-order valence-electron chi connectivity index (χ0n) is 15.2. The number of nitriles is 1. The fourth-order valence-corrected chi connectivity index (χ4v) is 3.92. The topological polar surface area (TPSA) is 82.0 Å². The molecule has 2 N–H and O–H groups in total.